The number of aromatic nitrogens is 1. The van der Waals surface area contributed by atoms with E-state index < -0.39 is 11.7 Å². The summed E-state index contributed by atoms with van der Waals surface area (Å²) in [5, 5.41) is -0.0339. The molecule has 1 fully saturated rings. The third-order valence-electron chi connectivity index (χ3n) is 4.83. The highest BCUT2D eigenvalue weighted by atomic mass is 35.5. The van der Waals surface area contributed by atoms with Crippen LogP contribution in [0.2, 0.25) is 5.02 Å². The topological polar surface area (TPSA) is 36.4 Å². The Hall–Kier alpha value is -1.93. The van der Waals surface area contributed by atoms with Crippen molar-refractivity contribution in [3.8, 4) is 0 Å². The largest absolute Gasteiger partial charge is 0.417 e. The number of halogens is 4. The summed E-state index contributed by atoms with van der Waals surface area (Å²) in [5.74, 6) is 1.56. The highest BCUT2D eigenvalue weighted by Crippen LogP contribution is 2.33. The number of hydrogen-bond donors (Lipinski definition) is 0. The molecule has 0 aliphatic carbocycles. The predicted octanol–water partition coefficient (Wildman–Crippen LogP) is 4.64. The van der Waals surface area contributed by atoms with Crippen molar-refractivity contribution in [2.45, 2.75) is 18.9 Å². The highest BCUT2D eigenvalue weighted by Gasteiger charge is 2.32. The van der Waals surface area contributed by atoms with Crippen molar-refractivity contribution in [3.05, 3.63) is 58.2 Å². The summed E-state index contributed by atoms with van der Waals surface area (Å²) < 4.78 is 38.3. The summed E-state index contributed by atoms with van der Waals surface area (Å²) in [5.41, 5.74) is 1.56. The minimum atomic E-state index is -4.48. The minimum absolute atomic E-state index is 0.0339. The SMILES string of the molecule is Cc1ccccc1CSCC(=O)N1CCN(c2ncc(C(F)(F)F)cc2Cl)CC1. The molecular formula is C20H21ClF3N3OS. The van der Waals surface area contributed by atoms with Gasteiger partial charge in [-0.15, -0.1) is 11.8 Å². The molecule has 0 radical (unpaired) electrons. The standard InChI is InChI=1S/C20H21ClF3N3OS/c1-14-4-2-3-5-15(14)12-29-13-18(28)26-6-8-27(9-7-26)19-17(21)10-16(11-25-19)20(22,23)24/h2-5,10-11H,6-9,12-13H2,1H3. The minimum Gasteiger partial charge on any atom is -0.352 e. The van der Waals surface area contributed by atoms with Gasteiger partial charge in [-0.3, -0.25) is 4.79 Å². The fourth-order valence-electron chi connectivity index (χ4n) is 3.10. The van der Waals surface area contributed by atoms with Crippen molar-refractivity contribution in [3.63, 3.8) is 0 Å². The van der Waals surface area contributed by atoms with Crippen LogP contribution in [0.4, 0.5) is 19.0 Å². The molecule has 9 heteroatoms. The van der Waals surface area contributed by atoms with Gasteiger partial charge in [0, 0.05) is 38.1 Å². The van der Waals surface area contributed by atoms with E-state index >= 15 is 0 Å². The van der Waals surface area contributed by atoms with Gasteiger partial charge < -0.3 is 9.80 Å². The molecule has 2 aromatic rings. The Bertz CT molecular complexity index is 870. The van der Waals surface area contributed by atoms with Crippen molar-refractivity contribution in [2.24, 2.45) is 0 Å². The molecule has 4 nitrogen and oxygen atoms in total. The van der Waals surface area contributed by atoms with Crippen molar-refractivity contribution < 1.29 is 18.0 Å². The molecule has 0 unspecified atom stereocenters. The van der Waals surface area contributed by atoms with Crippen LogP contribution in [0.3, 0.4) is 0 Å². The summed E-state index contributed by atoms with van der Waals surface area (Å²) in [7, 11) is 0. The zero-order valence-electron chi connectivity index (χ0n) is 15.9. The molecule has 0 spiro atoms. The summed E-state index contributed by atoms with van der Waals surface area (Å²) >= 11 is 7.60. The number of carbonyl (C=O) groups is 1. The molecule has 1 amide bonds. The second-order valence-electron chi connectivity index (χ2n) is 6.81. The number of anilines is 1. The van der Waals surface area contributed by atoms with E-state index in [4.69, 9.17) is 11.6 Å². The molecule has 0 bridgehead atoms. The molecule has 3 rings (SSSR count). The first-order valence-electron chi connectivity index (χ1n) is 9.13. The molecule has 1 aromatic carbocycles. The lowest BCUT2D eigenvalue weighted by Gasteiger charge is -2.35. The second-order valence-corrected chi connectivity index (χ2v) is 8.21. The number of nitrogens with zero attached hydrogens (tertiary/aromatic N) is 3. The Morgan fingerprint density at radius 1 is 1.21 bits per heavy atom. The third kappa shape index (κ3) is 5.57. The van der Waals surface area contributed by atoms with Crippen LogP contribution in [0.1, 0.15) is 16.7 Å². The van der Waals surface area contributed by atoms with Gasteiger partial charge in [0.25, 0.3) is 0 Å². The summed E-state index contributed by atoms with van der Waals surface area (Å²) in [6, 6.07) is 8.99. The van der Waals surface area contributed by atoms with Crippen molar-refractivity contribution >= 4 is 35.1 Å². The zero-order valence-corrected chi connectivity index (χ0v) is 17.4. The van der Waals surface area contributed by atoms with Crippen LogP contribution in [-0.2, 0) is 16.7 Å². The van der Waals surface area contributed by atoms with E-state index in [1.54, 1.807) is 16.7 Å². The maximum Gasteiger partial charge on any atom is 0.417 e. The first kappa shape index (κ1) is 21.8. The van der Waals surface area contributed by atoms with Crippen LogP contribution >= 0.6 is 23.4 Å². The Kier molecular flexibility index (Phi) is 6.95. The Labute approximate surface area is 177 Å². The van der Waals surface area contributed by atoms with Gasteiger partial charge in [-0.1, -0.05) is 35.9 Å². The molecular weight excluding hydrogens is 423 g/mol. The fraction of sp³-hybridized carbons (Fsp3) is 0.400. The number of pyridine rings is 1. The summed E-state index contributed by atoms with van der Waals surface area (Å²) in [6.45, 7) is 3.99. The molecule has 1 aromatic heterocycles. The van der Waals surface area contributed by atoms with Gasteiger partial charge in [-0.25, -0.2) is 4.98 Å². The summed E-state index contributed by atoms with van der Waals surface area (Å²) in [4.78, 5) is 19.9. The number of piperazine rings is 1. The quantitative estimate of drug-likeness (QED) is 0.674. The molecule has 1 saturated heterocycles. The number of benzene rings is 1. The molecule has 0 saturated carbocycles. The molecule has 0 N–H and O–H groups in total. The molecule has 2 heterocycles. The van der Waals surface area contributed by atoms with Crippen LogP contribution in [0.5, 0.6) is 0 Å². The lowest BCUT2D eigenvalue weighted by atomic mass is 10.1. The number of thioether (sulfide) groups is 1. The molecule has 29 heavy (non-hydrogen) atoms. The summed E-state index contributed by atoms with van der Waals surface area (Å²) in [6.07, 6.45) is -3.68. The van der Waals surface area contributed by atoms with Crippen molar-refractivity contribution in [2.75, 3.05) is 36.8 Å². The van der Waals surface area contributed by atoms with E-state index in [0.717, 1.165) is 18.0 Å². The number of alkyl halides is 3. The van der Waals surface area contributed by atoms with Crippen LogP contribution in [-0.4, -0.2) is 47.7 Å². The molecule has 1 aliphatic heterocycles. The number of aryl methyl sites for hydroxylation is 1. The third-order valence-corrected chi connectivity index (χ3v) is 6.07. The van der Waals surface area contributed by atoms with E-state index in [-0.39, 0.29) is 10.9 Å². The van der Waals surface area contributed by atoms with Crippen molar-refractivity contribution in [1.29, 1.82) is 0 Å². The smallest absolute Gasteiger partial charge is 0.352 e. The van der Waals surface area contributed by atoms with Gasteiger partial charge in [0.15, 0.2) is 0 Å². The van der Waals surface area contributed by atoms with Crippen LogP contribution in [0.15, 0.2) is 36.5 Å². The van der Waals surface area contributed by atoms with E-state index in [0.29, 0.717) is 37.7 Å². The van der Waals surface area contributed by atoms with Crippen LogP contribution in [0.25, 0.3) is 0 Å². The first-order valence-corrected chi connectivity index (χ1v) is 10.7. The van der Waals surface area contributed by atoms with Crippen molar-refractivity contribution in [1.82, 2.24) is 9.88 Å². The maximum atomic E-state index is 12.8. The number of hydrogen-bond acceptors (Lipinski definition) is 4. The number of rotatable bonds is 5. The van der Waals surface area contributed by atoms with Gasteiger partial charge >= 0.3 is 6.18 Å². The first-order chi connectivity index (χ1) is 13.8. The highest BCUT2D eigenvalue weighted by molar-refractivity contribution is 7.99. The van der Waals surface area contributed by atoms with E-state index in [9.17, 15) is 18.0 Å². The van der Waals surface area contributed by atoms with E-state index in [1.807, 2.05) is 17.0 Å². The van der Waals surface area contributed by atoms with Gasteiger partial charge in [-0.05, 0) is 24.1 Å². The molecule has 0 atom stereocenters. The Morgan fingerprint density at radius 3 is 2.52 bits per heavy atom. The Morgan fingerprint density at radius 2 is 1.90 bits per heavy atom. The van der Waals surface area contributed by atoms with E-state index in [1.165, 1.54) is 11.1 Å². The monoisotopic (exact) mass is 443 g/mol. The van der Waals surface area contributed by atoms with Gasteiger partial charge in [0.2, 0.25) is 5.91 Å². The van der Waals surface area contributed by atoms with Gasteiger partial charge in [0.1, 0.15) is 5.82 Å². The predicted molar refractivity (Wildman–Crippen MR) is 110 cm³/mol. The average molecular weight is 444 g/mol. The zero-order chi connectivity index (χ0) is 21.0. The van der Waals surface area contributed by atoms with E-state index in [2.05, 4.69) is 24.0 Å². The Balaban J connectivity index is 1.50. The van der Waals surface area contributed by atoms with Gasteiger partial charge in [0.05, 0.1) is 16.3 Å². The number of amides is 1. The van der Waals surface area contributed by atoms with Crippen LogP contribution in [0, 0.1) is 6.92 Å². The lowest BCUT2D eigenvalue weighted by Crippen LogP contribution is -2.49. The normalized spacial score (nSPS) is 14.9. The second kappa shape index (κ2) is 9.26. The van der Waals surface area contributed by atoms with Crippen LogP contribution < -0.4 is 4.90 Å². The molecule has 1 aliphatic rings. The maximum absolute atomic E-state index is 12.8. The van der Waals surface area contributed by atoms with Gasteiger partial charge in [-0.2, -0.15) is 13.2 Å². The molecule has 156 valence electrons. The lowest BCUT2D eigenvalue weighted by molar-refractivity contribution is -0.137. The number of carbonyl (C=O) groups excluding carboxylic acids is 1. The average Bonchev–Trinajstić information content (AvgIpc) is 2.69. The fourth-order valence-corrected chi connectivity index (χ4v) is 4.39.